The van der Waals surface area contributed by atoms with Crippen molar-refractivity contribution < 1.29 is 9.90 Å². The van der Waals surface area contributed by atoms with E-state index in [-0.39, 0.29) is 5.75 Å². The van der Waals surface area contributed by atoms with E-state index in [2.05, 4.69) is 11.7 Å². The molecule has 0 fully saturated rings. The fourth-order valence-electron chi connectivity index (χ4n) is 1.23. The van der Waals surface area contributed by atoms with Gasteiger partial charge in [-0.15, -0.1) is 6.58 Å². The van der Waals surface area contributed by atoms with E-state index in [9.17, 15) is 9.90 Å². The van der Waals surface area contributed by atoms with Gasteiger partial charge in [0.2, 0.25) is 0 Å². The van der Waals surface area contributed by atoms with Crippen LogP contribution in [0.3, 0.4) is 0 Å². The fraction of sp³-hybridized carbons (Fsp3) is 0.167. The van der Waals surface area contributed by atoms with Crippen LogP contribution in [-0.4, -0.2) is 28.7 Å². The average molecular weight is 253 g/mol. The SMILES string of the molecule is C=CCc1cccc(C=NN(C)C(=O)Cl)c1O. The molecule has 0 aliphatic rings. The van der Waals surface area contributed by atoms with Gasteiger partial charge in [-0.05, 0) is 29.7 Å². The number of nitrogens with zero attached hydrogens (tertiary/aromatic N) is 2. The zero-order valence-corrected chi connectivity index (χ0v) is 10.2. The number of allylic oxidation sites excluding steroid dienone is 1. The molecule has 1 amide bonds. The Hall–Kier alpha value is -1.81. The first-order chi connectivity index (χ1) is 8.06. The van der Waals surface area contributed by atoms with E-state index in [0.29, 0.717) is 12.0 Å². The molecule has 4 nitrogen and oxygen atoms in total. The molecule has 1 aromatic carbocycles. The second kappa shape index (κ2) is 6.06. The third kappa shape index (κ3) is 3.60. The second-order valence-corrected chi connectivity index (χ2v) is 3.69. The number of phenols is 1. The maximum absolute atomic E-state index is 10.7. The molecule has 1 aromatic rings. The zero-order valence-electron chi connectivity index (χ0n) is 9.43. The number of rotatable bonds is 4. The van der Waals surface area contributed by atoms with Crippen LogP contribution in [-0.2, 0) is 6.42 Å². The fourth-order valence-corrected chi connectivity index (χ4v) is 1.27. The van der Waals surface area contributed by atoms with Crippen LogP contribution in [0.4, 0.5) is 4.79 Å². The molecule has 0 aromatic heterocycles. The molecule has 0 aliphatic carbocycles. The van der Waals surface area contributed by atoms with Gasteiger partial charge in [-0.1, -0.05) is 18.2 Å². The Kier molecular flexibility index (Phi) is 4.72. The first-order valence-corrected chi connectivity index (χ1v) is 5.33. The molecular weight excluding hydrogens is 240 g/mol. The van der Waals surface area contributed by atoms with Gasteiger partial charge in [0.15, 0.2) is 0 Å². The summed E-state index contributed by atoms with van der Waals surface area (Å²) in [5.74, 6) is 0.131. The van der Waals surface area contributed by atoms with Gasteiger partial charge in [0.05, 0.1) is 6.21 Å². The lowest BCUT2D eigenvalue weighted by atomic mass is 10.1. The van der Waals surface area contributed by atoms with Crippen molar-refractivity contribution in [2.24, 2.45) is 5.10 Å². The first kappa shape index (κ1) is 13.3. The highest BCUT2D eigenvalue weighted by molar-refractivity contribution is 6.62. The van der Waals surface area contributed by atoms with Gasteiger partial charge >= 0.3 is 5.37 Å². The number of amides is 1. The number of halogens is 1. The number of phenolic OH excluding ortho intramolecular Hbond substituents is 1. The molecule has 1 rings (SSSR count). The molecule has 0 atom stereocenters. The van der Waals surface area contributed by atoms with Crippen LogP contribution in [0, 0.1) is 0 Å². The van der Waals surface area contributed by atoms with Gasteiger partial charge in [-0.3, -0.25) is 4.79 Å². The van der Waals surface area contributed by atoms with Crippen molar-refractivity contribution >= 4 is 23.2 Å². The van der Waals surface area contributed by atoms with E-state index >= 15 is 0 Å². The second-order valence-electron chi connectivity index (χ2n) is 3.37. The van der Waals surface area contributed by atoms with Crippen LogP contribution < -0.4 is 0 Å². The van der Waals surface area contributed by atoms with Gasteiger partial charge in [0, 0.05) is 12.6 Å². The minimum absolute atomic E-state index is 0.131. The normalized spacial score (nSPS) is 10.5. The van der Waals surface area contributed by atoms with E-state index in [4.69, 9.17) is 11.6 Å². The maximum Gasteiger partial charge on any atom is 0.336 e. The lowest BCUT2D eigenvalue weighted by Crippen LogP contribution is -2.13. The van der Waals surface area contributed by atoms with Gasteiger partial charge in [0.1, 0.15) is 5.75 Å². The Morgan fingerprint density at radius 1 is 1.65 bits per heavy atom. The molecule has 0 unspecified atom stereocenters. The summed E-state index contributed by atoms with van der Waals surface area (Å²) < 4.78 is 0. The lowest BCUT2D eigenvalue weighted by molar-refractivity contribution is 0.234. The number of hydrazone groups is 1. The van der Waals surface area contributed by atoms with Crippen molar-refractivity contribution in [2.45, 2.75) is 6.42 Å². The highest BCUT2D eigenvalue weighted by Gasteiger charge is 2.05. The Labute approximate surface area is 105 Å². The average Bonchev–Trinajstić information content (AvgIpc) is 2.30. The minimum Gasteiger partial charge on any atom is -0.507 e. The van der Waals surface area contributed by atoms with E-state index in [1.165, 1.54) is 13.3 Å². The predicted molar refractivity (Wildman–Crippen MR) is 68.6 cm³/mol. The number of carbonyl (C=O) groups is 1. The van der Waals surface area contributed by atoms with Crippen LogP contribution >= 0.6 is 11.6 Å². The summed E-state index contributed by atoms with van der Waals surface area (Å²) in [6, 6.07) is 5.28. The number of benzene rings is 1. The van der Waals surface area contributed by atoms with E-state index in [0.717, 1.165) is 10.6 Å². The summed E-state index contributed by atoms with van der Waals surface area (Å²) in [5.41, 5.74) is 1.28. The van der Waals surface area contributed by atoms with Crippen molar-refractivity contribution in [2.75, 3.05) is 7.05 Å². The smallest absolute Gasteiger partial charge is 0.336 e. The monoisotopic (exact) mass is 252 g/mol. The number of hydrogen-bond acceptors (Lipinski definition) is 3. The highest BCUT2D eigenvalue weighted by atomic mass is 35.5. The Bertz CT molecular complexity index is 458. The molecule has 0 saturated carbocycles. The first-order valence-electron chi connectivity index (χ1n) is 4.95. The van der Waals surface area contributed by atoms with Crippen LogP contribution in [0.15, 0.2) is 36.0 Å². The van der Waals surface area contributed by atoms with Gasteiger partial charge in [-0.25, -0.2) is 5.01 Å². The molecule has 0 saturated heterocycles. The lowest BCUT2D eigenvalue weighted by Gasteiger charge is -2.07. The zero-order chi connectivity index (χ0) is 12.8. The number of aromatic hydroxyl groups is 1. The van der Waals surface area contributed by atoms with Crippen LogP contribution in [0.2, 0.25) is 0 Å². The Morgan fingerprint density at radius 2 is 2.35 bits per heavy atom. The summed E-state index contributed by atoms with van der Waals surface area (Å²) in [4.78, 5) is 10.7. The molecule has 90 valence electrons. The molecule has 0 bridgehead atoms. The number of para-hydroxylation sites is 1. The summed E-state index contributed by atoms with van der Waals surface area (Å²) >= 11 is 5.21. The number of carbonyl (C=O) groups excluding carboxylic acids is 1. The van der Waals surface area contributed by atoms with Gasteiger partial charge < -0.3 is 5.11 Å². The summed E-state index contributed by atoms with van der Waals surface area (Å²) in [5, 5.41) is 14.0. The highest BCUT2D eigenvalue weighted by Crippen LogP contribution is 2.21. The van der Waals surface area contributed by atoms with E-state index in [1.54, 1.807) is 24.3 Å². The molecule has 5 heteroatoms. The predicted octanol–water partition coefficient (Wildman–Crippen LogP) is 2.75. The van der Waals surface area contributed by atoms with E-state index in [1.807, 2.05) is 0 Å². The molecular formula is C12H13ClN2O2. The molecule has 1 N–H and O–H groups in total. The molecule has 0 spiro atoms. The topological polar surface area (TPSA) is 52.9 Å². The van der Waals surface area contributed by atoms with Crippen molar-refractivity contribution in [1.82, 2.24) is 5.01 Å². The Morgan fingerprint density at radius 3 is 2.94 bits per heavy atom. The molecule has 0 aliphatic heterocycles. The largest absolute Gasteiger partial charge is 0.507 e. The van der Waals surface area contributed by atoms with Crippen LogP contribution in [0.1, 0.15) is 11.1 Å². The molecule has 17 heavy (non-hydrogen) atoms. The van der Waals surface area contributed by atoms with Crippen LogP contribution in [0.25, 0.3) is 0 Å². The minimum atomic E-state index is -0.692. The van der Waals surface area contributed by atoms with Crippen molar-refractivity contribution in [3.05, 3.63) is 42.0 Å². The van der Waals surface area contributed by atoms with E-state index < -0.39 is 5.37 Å². The Balaban J connectivity index is 2.95. The summed E-state index contributed by atoms with van der Waals surface area (Å²) in [6.45, 7) is 3.61. The van der Waals surface area contributed by atoms with Crippen molar-refractivity contribution in [3.63, 3.8) is 0 Å². The standard InChI is InChI=1S/C12H13ClN2O2/c1-3-5-9-6-4-7-10(11(9)16)8-14-15(2)12(13)17/h3-4,6-8,16H,1,5H2,2H3. The van der Waals surface area contributed by atoms with Crippen molar-refractivity contribution in [1.29, 1.82) is 0 Å². The third-order valence-corrected chi connectivity index (χ3v) is 2.38. The van der Waals surface area contributed by atoms with Crippen LogP contribution in [0.5, 0.6) is 5.75 Å². The summed E-state index contributed by atoms with van der Waals surface area (Å²) in [6.07, 6.45) is 3.64. The number of hydrogen-bond donors (Lipinski definition) is 1. The molecule has 0 radical (unpaired) electrons. The quantitative estimate of drug-likeness (QED) is 0.295. The third-order valence-electron chi connectivity index (χ3n) is 2.14. The van der Waals surface area contributed by atoms with Crippen molar-refractivity contribution in [3.8, 4) is 5.75 Å². The maximum atomic E-state index is 10.7. The van der Waals surface area contributed by atoms with Gasteiger partial charge in [0.25, 0.3) is 0 Å². The molecule has 0 heterocycles. The summed E-state index contributed by atoms with van der Waals surface area (Å²) in [7, 11) is 1.43. The van der Waals surface area contributed by atoms with Gasteiger partial charge in [-0.2, -0.15) is 5.10 Å².